The third kappa shape index (κ3) is 4.78. The van der Waals surface area contributed by atoms with Crippen LogP contribution in [0.1, 0.15) is 10.4 Å². The van der Waals surface area contributed by atoms with E-state index in [1.165, 1.54) is 6.07 Å². The third-order valence-corrected chi connectivity index (χ3v) is 5.86. The van der Waals surface area contributed by atoms with Crippen molar-refractivity contribution in [2.24, 2.45) is 0 Å². The Morgan fingerprint density at radius 1 is 0.771 bits per heavy atom. The summed E-state index contributed by atoms with van der Waals surface area (Å²) in [7, 11) is 0. The standard InChI is InChI=1S/C28H18Cl2N2O3/c29-19-10-6-9-18(15-19)25-28(35-27(31-25)17-7-2-1-3-8-17)32-26(34)23-12-5-4-11-21(23)22-14-13-20(30)16-24(22)33/h1-16,33H,(H,32,34). The van der Waals surface area contributed by atoms with E-state index in [1.807, 2.05) is 36.4 Å². The first-order valence-corrected chi connectivity index (χ1v) is 11.5. The number of benzene rings is 4. The lowest BCUT2D eigenvalue weighted by Gasteiger charge is -2.11. The molecule has 0 aliphatic heterocycles. The largest absolute Gasteiger partial charge is 0.507 e. The molecule has 35 heavy (non-hydrogen) atoms. The molecule has 1 aromatic heterocycles. The number of phenols is 1. The molecule has 0 bridgehead atoms. The SMILES string of the molecule is O=C(Nc1oc(-c2ccccc2)nc1-c1cccc(Cl)c1)c1ccccc1-c1ccc(Cl)cc1O. The van der Waals surface area contributed by atoms with Crippen molar-refractivity contribution in [2.75, 3.05) is 5.32 Å². The summed E-state index contributed by atoms with van der Waals surface area (Å²) < 4.78 is 6.02. The van der Waals surface area contributed by atoms with E-state index in [2.05, 4.69) is 10.3 Å². The number of amides is 1. The Bertz CT molecular complexity index is 1530. The van der Waals surface area contributed by atoms with Gasteiger partial charge < -0.3 is 9.52 Å². The van der Waals surface area contributed by atoms with Crippen molar-refractivity contribution in [1.82, 2.24) is 4.98 Å². The van der Waals surface area contributed by atoms with Crippen LogP contribution >= 0.6 is 23.2 Å². The normalized spacial score (nSPS) is 10.8. The van der Waals surface area contributed by atoms with Crippen molar-refractivity contribution in [2.45, 2.75) is 0 Å². The molecular weight excluding hydrogens is 483 g/mol. The number of rotatable bonds is 5. The molecule has 0 atom stereocenters. The molecule has 5 rings (SSSR count). The van der Waals surface area contributed by atoms with Gasteiger partial charge in [0.2, 0.25) is 11.8 Å². The molecule has 0 saturated carbocycles. The summed E-state index contributed by atoms with van der Waals surface area (Å²) >= 11 is 12.2. The van der Waals surface area contributed by atoms with Crippen LogP contribution in [0.2, 0.25) is 10.0 Å². The summed E-state index contributed by atoms with van der Waals surface area (Å²) in [5.74, 6) is 0.100. The van der Waals surface area contributed by atoms with Gasteiger partial charge in [0.1, 0.15) is 11.4 Å². The molecule has 1 amide bonds. The number of nitrogens with one attached hydrogen (secondary N) is 1. The second kappa shape index (κ2) is 9.66. The Morgan fingerprint density at radius 3 is 2.26 bits per heavy atom. The first kappa shape index (κ1) is 22.7. The van der Waals surface area contributed by atoms with Gasteiger partial charge in [-0.15, -0.1) is 0 Å². The quantitative estimate of drug-likeness (QED) is 0.256. The van der Waals surface area contributed by atoms with E-state index in [-0.39, 0.29) is 11.6 Å². The van der Waals surface area contributed by atoms with Crippen molar-refractivity contribution in [3.63, 3.8) is 0 Å². The number of phenolic OH excluding ortho intramolecular Hbond substituents is 1. The minimum absolute atomic E-state index is 0.0246. The zero-order chi connectivity index (χ0) is 24.4. The van der Waals surface area contributed by atoms with Gasteiger partial charge in [0.25, 0.3) is 5.91 Å². The predicted molar refractivity (Wildman–Crippen MR) is 139 cm³/mol. The van der Waals surface area contributed by atoms with Crippen LogP contribution in [0.5, 0.6) is 5.75 Å². The lowest BCUT2D eigenvalue weighted by atomic mass is 9.98. The summed E-state index contributed by atoms with van der Waals surface area (Å²) in [5, 5.41) is 14.2. The van der Waals surface area contributed by atoms with Crippen molar-refractivity contribution in [1.29, 1.82) is 0 Å². The van der Waals surface area contributed by atoms with E-state index in [0.717, 1.165) is 5.56 Å². The number of hydrogen-bond acceptors (Lipinski definition) is 4. The molecular formula is C28H18Cl2N2O3. The van der Waals surface area contributed by atoms with E-state index < -0.39 is 5.91 Å². The van der Waals surface area contributed by atoms with Gasteiger partial charge in [0.05, 0.1) is 0 Å². The molecule has 0 fully saturated rings. The van der Waals surface area contributed by atoms with Crippen molar-refractivity contribution in [3.8, 4) is 39.6 Å². The number of aromatic hydroxyl groups is 1. The maximum absolute atomic E-state index is 13.5. The smallest absolute Gasteiger partial charge is 0.258 e. The zero-order valence-electron chi connectivity index (χ0n) is 18.2. The van der Waals surface area contributed by atoms with Gasteiger partial charge in [0.15, 0.2) is 0 Å². The Hall–Kier alpha value is -4.06. The summed E-state index contributed by atoms with van der Waals surface area (Å²) in [6, 6.07) is 28.3. The van der Waals surface area contributed by atoms with Crippen LogP contribution in [-0.2, 0) is 0 Å². The first-order chi connectivity index (χ1) is 17.0. The average molecular weight is 501 g/mol. The minimum atomic E-state index is -0.422. The second-order valence-electron chi connectivity index (χ2n) is 7.73. The number of carbonyl (C=O) groups is 1. The summed E-state index contributed by atoms with van der Waals surface area (Å²) in [6.07, 6.45) is 0. The summed E-state index contributed by atoms with van der Waals surface area (Å²) in [6.45, 7) is 0. The molecule has 0 spiro atoms. The molecule has 0 unspecified atom stereocenters. The van der Waals surface area contributed by atoms with Gasteiger partial charge in [-0.25, -0.2) is 4.98 Å². The average Bonchev–Trinajstić information content (AvgIpc) is 3.28. The summed E-state index contributed by atoms with van der Waals surface area (Å²) in [4.78, 5) is 18.1. The fourth-order valence-corrected chi connectivity index (χ4v) is 4.12. The molecule has 7 heteroatoms. The van der Waals surface area contributed by atoms with Crippen LogP contribution < -0.4 is 5.32 Å². The molecule has 5 aromatic rings. The van der Waals surface area contributed by atoms with Crippen LogP contribution in [-0.4, -0.2) is 16.0 Å². The number of anilines is 1. The highest BCUT2D eigenvalue weighted by Gasteiger charge is 2.21. The zero-order valence-corrected chi connectivity index (χ0v) is 19.7. The van der Waals surface area contributed by atoms with Gasteiger partial charge >= 0.3 is 0 Å². The molecule has 0 radical (unpaired) electrons. The van der Waals surface area contributed by atoms with Crippen molar-refractivity contribution >= 4 is 35.0 Å². The highest BCUT2D eigenvalue weighted by molar-refractivity contribution is 6.31. The number of nitrogens with zero attached hydrogens (tertiary/aromatic N) is 1. The van der Waals surface area contributed by atoms with Gasteiger partial charge in [-0.3, -0.25) is 10.1 Å². The highest BCUT2D eigenvalue weighted by Crippen LogP contribution is 2.36. The van der Waals surface area contributed by atoms with Crippen LogP contribution in [0.15, 0.2) is 101 Å². The molecule has 0 saturated heterocycles. The molecule has 4 aromatic carbocycles. The van der Waals surface area contributed by atoms with Crippen molar-refractivity contribution < 1.29 is 14.3 Å². The predicted octanol–water partition coefficient (Wildman–Crippen LogP) is 7.94. The van der Waals surface area contributed by atoms with Crippen LogP contribution in [0, 0.1) is 0 Å². The summed E-state index contributed by atoms with van der Waals surface area (Å²) in [5.41, 5.74) is 3.29. The third-order valence-electron chi connectivity index (χ3n) is 5.39. The van der Waals surface area contributed by atoms with E-state index in [9.17, 15) is 9.90 Å². The minimum Gasteiger partial charge on any atom is -0.507 e. The Kier molecular flexibility index (Phi) is 6.27. The maximum Gasteiger partial charge on any atom is 0.258 e. The van der Waals surface area contributed by atoms with E-state index in [4.69, 9.17) is 27.6 Å². The number of carbonyl (C=O) groups excluding carboxylic acids is 1. The fraction of sp³-hybridized carbons (Fsp3) is 0. The van der Waals surface area contributed by atoms with Gasteiger partial charge in [-0.1, -0.05) is 71.7 Å². The maximum atomic E-state index is 13.5. The van der Waals surface area contributed by atoms with E-state index in [0.29, 0.717) is 43.9 Å². The van der Waals surface area contributed by atoms with Crippen molar-refractivity contribution in [3.05, 3.63) is 113 Å². The molecule has 0 aliphatic carbocycles. The Morgan fingerprint density at radius 2 is 1.49 bits per heavy atom. The van der Waals surface area contributed by atoms with Crippen LogP contribution in [0.3, 0.4) is 0 Å². The topological polar surface area (TPSA) is 75.4 Å². The van der Waals surface area contributed by atoms with Gasteiger partial charge in [0, 0.05) is 32.3 Å². The second-order valence-corrected chi connectivity index (χ2v) is 8.61. The molecule has 0 aliphatic rings. The lowest BCUT2D eigenvalue weighted by Crippen LogP contribution is -2.13. The first-order valence-electron chi connectivity index (χ1n) is 10.7. The number of aromatic nitrogens is 1. The number of oxazole rings is 1. The fourth-order valence-electron chi connectivity index (χ4n) is 3.76. The van der Waals surface area contributed by atoms with E-state index >= 15 is 0 Å². The molecule has 5 nitrogen and oxygen atoms in total. The van der Waals surface area contributed by atoms with Gasteiger partial charge in [-0.2, -0.15) is 0 Å². The van der Waals surface area contributed by atoms with E-state index in [1.54, 1.807) is 54.6 Å². The molecule has 1 heterocycles. The Labute approximate surface area is 211 Å². The molecule has 172 valence electrons. The lowest BCUT2D eigenvalue weighted by molar-refractivity contribution is 0.102. The Balaban J connectivity index is 1.57. The van der Waals surface area contributed by atoms with Crippen LogP contribution in [0.4, 0.5) is 5.88 Å². The monoisotopic (exact) mass is 500 g/mol. The van der Waals surface area contributed by atoms with Gasteiger partial charge in [-0.05, 0) is 54.1 Å². The van der Waals surface area contributed by atoms with Crippen LogP contribution in [0.25, 0.3) is 33.8 Å². The number of hydrogen-bond donors (Lipinski definition) is 2. The highest BCUT2D eigenvalue weighted by atomic mass is 35.5. The molecule has 2 N–H and O–H groups in total. The number of halogens is 2.